The van der Waals surface area contributed by atoms with E-state index in [-0.39, 0.29) is 5.91 Å². The van der Waals surface area contributed by atoms with Gasteiger partial charge in [-0.05, 0) is 57.5 Å². The zero-order valence-electron chi connectivity index (χ0n) is 12.7. The molecule has 0 saturated carbocycles. The number of benzene rings is 1. The van der Waals surface area contributed by atoms with Crippen LogP contribution >= 0.6 is 0 Å². The summed E-state index contributed by atoms with van der Waals surface area (Å²) in [6.45, 7) is 5.74. The van der Waals surface area contributed by atoms with Crippen molar-refractivity contribution in [1.82, 2.24) is 10.2 Å². The summed E-state index contributed by atoms with van der Waals surface area (Å²) in [5.41, 5.74) is 9.26. The first-order valence-corrected chi connectivity index (χ1v) is 7.34. The van der Waals surface area contributed by atoms with Gasteiger partial charge in [0.2, 0.25) is 0 Å². The van der Waals surface area contributed by atoms with E-state index >= 15 is 0 Å². The van der Waals surface area contributed by atoms with Crippen LogP contribution in [0.2, 0.25) is 0 Å². The van der Waals surface area contributed by atoms with Crippen molar-refractivity contribution in [3.63, 3.8) is 0 Å². The maximum Gasteiger partial charge on any atom is 0.251 e. The van der Waals surface area contributed by atoms with Gasteiger partial charge >= 0.3 is 0 Å². The van der Waals surface area contributed by atoms with Crippen molar-refractivity contribution in [3.05, 3.63) is 28.8 Å². The number of rotatable bonds is 3. The van der Waals surface area contributed by atoms with E-state index in [1.54, 1.807) is 6.07 Å². The molecular formula is C16H25N3O. The van der Waals surface area contributed by atoms with Gasteiger partial charge < -0.3 is 16.0 Å². The second-order valence-electron chi connectivity index (χ2n) is 5.86. The number of amides is 1. The zero-order chi connectivity index (χ0) is 14.7. The van der Waals surface area contributed by atoms with Crippen molar-refractivity contribution in [2.75, 3.05) is 25.9 Å². The maximum atomic E-state index is 12.3. The Labute approximate surface area is 121 Å². The van der Waals surface area contributed by atoms with E-state index in [9.17, 15) is 4.79 Å². The Hall–Kier alpha value is -1.55. The number of nitrogens with zero attached hydrogens (tertiary/aromatic N) is 1. The molecule has 110 valence electrons. The standard InChI is InChI=1S/C16H25N3O/c1-11-8-12(2)15(17)9-14(11)16(20)18-10-13-6-4-5-7-19(13)3/h8-9,13H,4-7,10,17H2,1-3H3,(H,18,20). The first-order valence-electron chi connectivity index (χ1n) is 7.34. The average molecular weight is 275 g/mol. The summed E-state index contributed by atoms with van der Waals surface area (Å²) >= 11 is 0. The Kier molecular flexibility index (Phi) is 4.65. The Morgan fingerprint density at radius 3 is 2.80 bits per heavy atom. The summed E-state index contributed by atoms with van der Waals surface area (Å²) in [7, 11) is 2.13. The van der Waals surface area contributed by atoms with Crippen molar-refractivity contribution >= 4 is 11.6 Å². The van der Waals surface area contributed by atoms with Gasteiger partial charge in [-0.1, -0.05) is 12.5 Å². The molecule has 1 saturated heterocycles. The first kappa shape index (κ1) is 14.9. The third-order valence-corrected chi connectivity index (χ3v) is 4.28. The normalized spacial score (nSPS) is 19.9. The summed E-state index contributed by atoms with van der Waals surface area (Å²) < 4.78 is 0. The van der Waals surface area contributed by atoms with Crippen molar-refractivity contribution in [2.24, 2.45) is 0 Å². The number of likely N-dealkylation sites (N-methyl/N-ethyl adjacent to an activating group) is 1. The number of aryl methyl sites for hydroxylation is 2. The molecule has 1 aromatic rings. The van der Waals surface area contributed by atoms with Crippen molar-refractivity contribution in [2.45, 2.75) is 39.2 Å². The lowest BCUT2D eigenvalue weighted by Gasteiger charge is -2.32. The number of carbonyl (C=O) groups excluding carboxylic acids is 1. The molecule has 4 heteroatoms. The lowest BCUT2D eigenvalue weighted by atomic mass is 10.0. The van der Waals surface area contributed by atoms with Gasteiger partial charge in [-0.25, -0.2) is 0 Å². The smallest absolute Gasteiger partial charge is 0.251 e. The van der Waals surface area contributed by atoms with E-state index < -0.39 is 0 Å². The Balaban J connectivity index is 2.00. The monoisotopic (exact) mass is 275 g/mol. The molecule has 20 heavy (non-hydrogen) atoms. The lowest BCUT2D eigenvalue weighted by molar-refractivity contribution is 0.0928. The van der Waals surface area contributed by atoms with Crippen LogP contribution in [-0.2, 0) is 0 Å². The minimum absolute atomic E-state index is 0.0202. The molecule has 2 rings (SSSR count). The fourth-order valence-corrected chi connectivity index (χ4v) is 2.82. The molecule has 1 heterocycles. The van der Waals surface area contributed by atoms with Crippen molar-refractivity contribution < 1.29 is 4.79 Å². The molecule has 0 spiro atoms. The second-order valence-corrected chi connectivity index (χ2v) is 5.86. The first-order chi connectivity index (χ1) is 9.49. The van der Waals surface area contributed by atoms with Crippen LogP contribution < -0.4 is 11.1 Å². The molecule has 1 aliphatic rings. The molecule has 1 amide bonds. The summed E-state index contributed by atoms with van der Waals surface area (Å²) in [5, 5.41) is 3.05. The predicted octanol–water partition coefficient (Wildman–Crippen LogP) is 2.10. The average Bonchev–Trinajstić information content (AvgIpc) is 2.41. The number of piperidine rings is 1. The Morgan fingerprint density at radius 1 is 1.35 bits per heavy atom. The fourth-order valence-electron chi connectivity index (χ4n) is 2.82. The topological polar surface area (TPSA) is 58.4 Å². The highest BCUT2D eigenvalue weighted by Crippen LogP contribution is 2.18. The van der Waals surface area contributed by atoms with Crippen molar-refractivity contribution in [3.8, 4) is 0 Å². The van der Waals surface area contributed by atoms with Crippen LogP contribution in [0.25, 0.3) is 0 Å². The molecule has 1 atom stereocenters. The molecule has 3 N–H and O–H groups in total. The van der Waals surface area contributed by atoms with Gasteiger partial charge in [-0.15, -0.1) is 0 Å². The van der Waals surface area contributed by atoms with Gasteiger partial charge in [0.25, 0.3) is 5.91 Å². The molecule has 0 aromatic heterocycles. The van der Waals surface area contributed by atoms with Crippen LogP contribution in [0.4, 0.5) is 5.69 Å². The predicted molar refractivity (Wildman–Crippen MR) is 82.9 cm³/mol. The van der Waals surface area contributed by atoms with Gasteiger partial charge in [0.15, 0.2) is 0 Å². The van der Waals surface area contributed by atoms with Gasteiger partial charge in [0.1, 0.15) is 0 Å². The van der Waals surface area contributed by atoms with Crippen LogP contribution in [0.5, 0.6) is 0 Å². The van der Waals surface area contributed by atoms with Crippen LogP contribution in [0, 0.1) is 13.8 Å². The highest BCUT2D eigenvalue weighted by molar-refractivity contribution is 5.96. The fraction of sp³-hybridized carbons (Fsp3) is 0.562. The van der Waals surface area contributed by atoms with Gasteiger partial charge in [0, 0.05) is 23.8 Å². The molecular weight excluding hydrogens is 250 g/mol. The maximum absolute atomic E-state index is 12.3. The number of hydrogen-bond donors (Lipinski definition) is 2. The molecule has 1 aliphatic heterocycles. The largest absolute Gasteiger partial charge is 0.398 e. The molecule has 1 unspecified atom stereocenters. The minimum atomic E-state index is -0.0202. The summed E-state index contributed by atoms with van der Waals surface area (Å²) in [4.78, 5) is 14.6. The van der Waals surface area contributed by atoms with Crippen LogP contribution in [-0.4, -0.2) is 37.0 Å². The van der Waals surface area contributed by atoms with E-state index in [4.69, 9.17) is 5.73 Å². The molecule has 1 aromatic carbocycles. The van der Waals surface area contributed by atoms with Gasteiger partial charge in [-0.2, -0.15) is 0 Å². The second kappa shape index (κ2) is 6.27. The Morgan fingerprint density at radius 2 is 2.10 bits per heavy atom. The van der Waals surface area contributed by atoms with Crippen molar-refractivity contribution in [1.29, 1.82) is 0 Å². The number of nitrogens with one attached hydrogen (secondary N) is 1. The number of hydrogen-bond acceptors (Lipinski definition) is 3. The number of carbonyl (C=O) groups is 1. The summed E-state index contributed by atoms with van der Waals surface area (Å²) in [5.74, 6) is -0.0202. The van der Waals surface area contributed by atoms with E-state index in [0.29, 0.717) is 23.8 Å². The Bertz CT molecular complexity index is 499. The SMILES string of the molecule is Cc1cc(C)c(C(=O)NCC2CCCCN2C)cc1N. The van der Waals surface area contributed by atoms with Crippen LogP contribution in [0.3, 0.4) is 0 Å². The third-order valence-electron chi connectivity index (χ3n) is 4.28. The minimum Gasteiger partial charge on any atom is -0.398 e. The van der Waals surface area contributed by atoms with Crippen LogP contribution in [0.1, 0.15) is 40.7 Å². The molecule has 0 radical (unpaired) electrons. The lowest BCUT2D eigenvalue weighted by Crippen LogP contribution is -2.44. The van der Waals surface area contributed by atoms with E-state index in [1.165, 1.54) is 12.8 Å². The number of likely N-dealkylation sites (tertiary alicyclic amines) is 1. The molecule has 0 bridgehead atoms. The number of nitrogens with two attached hydrogens (primary N) is 1. The highest BCUT2D eigenvalue weighted by atomic mass is 16.1. The third kappa shape index (κ3) is 3.31. The van der Waals surface area contributed by atoms with E-state index in [1.807, 2.05) is 19.9 Å². The molecule has 0 aliphatic carbocycles. The number of nitrogen functional groups attached to an aromatic ring is 1. The highest BCUT2D eigenvalue weighted by Gasteiger charge is 2.20. The summed E-state index contributed by atoms with van der Waals surface area (Å²) in [6, 6.07) is 4.21. The van der Waals surface area contributed by atoms with Gasteiger partial charge in [-0.3, -0.25) is 4.79 Å². The van der Waals surface area contributed by atoms with E-state index in [0.717, 1.165) is 24.1 Å². The summed E-state index contributed by atoms with van der Waals surface area (Å²) in [6.07, 6.45) is 3.67. The van der Waals surface area contributed by atoms with Gasteiger partial charge in [0.05, 0.1) is 0 Å². The molecule has 1 fully saturated rings. The quantitative estimate of drug-likeness (QED) is 0.831. The van der Waals surface area contributed by atoms with Crippen LogP contribution in [0.15, 0.2) is 12.1 Å². The number of anilines is 1. The van der Waals surface area contributed by atoms with E-state index in [2.05, 4.69) is 17.3 Å². The molecule has 4 nitrogen and oxygen atoms in total. The zero-order valence-corrected chi connectivity index (χ0v) is 12.7.